The van der Waals surface area contributed by atoms with Crippen LogP contribution in [-0.4, -0.2) is 28.2 Å². The quantitative estimate of drug-likeness (QED) is 0.755. The van der Waals surface area contributed by atoms with Crippen molar-refractivity contribution in [2.75, 3.05) is 18.2 Å². The van der Waals surface area contributed by atoms with Gasteiger partial charge in [-0.2, -0.15) is 0 Å². The molecule has 0 saturated carbocycles. The summed E-state index contributed by atoms with van der Waals surface area (Å²) in [5.41, 5.74) is 6.81. The molecule has 7 heteroatoms. The van der Waals surface area contributed by atoms with Crippen LogP contribution in [0.5, 0.6) is 5.88 Å². The van der Waals surface area contributed by atoms with Gasteiger partial charge in [0.1, 0.15) is 5.82 Å². The van der Waals surface area contributed by atoms with E-state index in [0.29, 0.717) is 18.2 Å². The van der Waals surface area contributed by atoms with E-state index in [-0.39, 0.29) is 11.3 Å². The summed E-state index contributed by atoms with van der Waals surface area (Å²) in [5, 5.41) is 12.0. The number of rotatable bonds is 5. The van der Waals surface area contributed by atoms with E-state index in [1.165, 1.54) is 19.4 Å². The molecule has 0 spiro atoms. The molecule has 0 aliphatic carbocycles. The number of hydrogen-bond acceptors (Lipinski definition) is 6. The summed E-state index contributed by atoms with van der Waals surface area (Å²) in [6.07, 6.45) is 3.02. The topological polar surface area (TPSA) is 110 Å². The maximum Gasteiger partial charge on any atom is 0.337 e. The molecule has 2 aromatic heterocycles. The van der Waals surface area contributed by atoms with Crippen LogP contribution in [0, 0.1) is 0 Å². The van der Waals surface area contributed by atoms with Crippen molar-refractivity contribution in [2.24, 2.45) is 0 Å². The van der Waals surface area contributed by atoms with Crippen LogP contribution in [0.4, 0.5) is 11.5 Å². The van der Waals surface area contributed by atoms with Crippen molar-refractivity contribution < 1.29 is 14.6 Å². The van der Waals surface area contributed by atoms with Crippen molar-refractivity contribution >= 4 is 17.5 Å². The van der Waals surface area contributed by atoms with Crippen molar-refractivity contribution in [3.63, 3.8) is 0 Å². The Morgan fingerprint density at radius 3 is 2.85 bits per heavy atom. The molecular formula is C13H14N4O3. The summed E-state index contributed by atoms with van der Waals surface area (Å²) in [6, 6.07) is 4.94. The van der Waals surface area contributed by atoms with E-state index in [0.717, 1.165) is 5.56 Å². The van der Waals surface area contributed by atoms with E-state index >= 15 is 0 Å². The Balaban J connectivity index is 2.14. The van der Waals surface area contributed by atoms with Crippen LogP contribution in [0.3, 0.4) is 0 Å². The largest absolute Gasteiger partial charge is 0.481 e. The molecule has 0 unspecified atom stereocenters. The number of nitrogens with one attached hydrogen (secondary N) is 1. The zero-order valence-electron chi connectivity index (χ0n) is 10.8. The lowest BCUT2D eigenvalue weighted by atomic mass is 10.2. The molecule has 2 heterocycles. The molecule has 0 bridgehead atoms. The van der Waals surface area contributed by atoms with Crippen LogP contribution in [0.15, 0.2) is 30.6 Å². The minimum absolute atomic E-state index is 0.0230. The minimum Gasteiger partial charge on any atom is -0.481 e. The van der Waals surface area contributed by atoms with Gasteiger partial charge in [0.15, 0.2) is 0 Å². The fraction of sp³-hybridized carbons (Fsp3) is 0.154. The molecule has 0 aromatic carbocycles. The summed E-state index contributed by atoms with van der Waals surface area (Å²) in [5.74, 6) is -0.247. The number of carbonyl (C=O) groups is 1. The molecule has 0 aliphatic heterocycles. The van der Waals surface area contributed by atoms with Crippen molar-refractivity contribution in [1.29, 1.82) is 0 Å². The third-order valence-corrected chi connectivity index (χ3v) is 2.69. The van der Waals surface area contributed by atoms with Gasteiger partial charge in [0.25, 0.3) is 0 Å². The molecule has 7 nitrogen and oxygen atoms in total. The smallest absolute Gasteiger partial charge is 0.337 e. The maximum atomic E-state index is 11.0. The molecule has 0 atom stereocenters. The van der Waals surface area contributed by atoms with Gasteiger partial charge < -0.3 is 20.9 Å². The fourth-order valence-electron chi connectivity index (χ4n) is 1.66. The second-order valence-electron chi connectivity index (χ2n) is 3.99. The van der Waals surface area contributed by atoms with Crippen molar-refractivity contribution in [2.45, 2.75) is 6.54 Å². The number of aromatic carboxylic acids is 1. The van der Waals surface area contributed by atoms with Gasteiger partial charge in [-0.25, -0.2) is 14.8 Å². The molecular weight excluding hydrogens is 260 g/mol. The lowest BCUT2D eigenvalue weighted by Gasteiger charge is -2.10. The van der Waals surface area contributed by atoms with Crippen LogP contribution in [-0.2, 0) is 6.54 Å². The predicted molar refractivity (Wildman–Crippen MR) is 73.7 cm³/mol. The van der Waals surface area contributed by atoms with E-state index in [1.54, 1.807) is 12.3 Å². The molecule has 2 rings (SSSR count). The third-order valence-electron chi connectivity index (χ3n) is 2.69. The molecule has 0 radical (unpaired) electrons. The molecule has 20 heavy (non-hydrogen) atoms. The molecule has 0 saturated heterocycles. The van der Waals surface area contributed by atoms with Gasteiger partial charge in [0.2, 0.25) is 5.88 Å². The highest BCUT2D eigenvalue weighted by atomic mass is 16.5. The molecule has 0 aliphatic rings. The zero-order chi connectivity index (χ0) is 14.5. The average molecular weight is 274 g/mol. The molecule has 4 N–H and O–H groups in total. The summed E-state index contributed by atoms with van der Waals surface area (Å²) in [4.78, 5) is 19.0. The second kappa shape index (κ2) is 5.87. The lowest BCUT2D eigenvalue weighted by molar-refractivity contribution is 0.0698. The Hall–Kier alpha value is -2.83. The number of nitrogen functional groups attached to an aromatic ring is 1. The zero-order valence-corrected chi connectivity index (χ0v) is 10.8. The SMILES string of the molecule is COc1cc(CNc2nccc(C(=O)O)c2N)ccn1. The number of pyridine rings is 2. The van der Waals surface area contributed by atoms with E-state index in [2.05, 4.69) is 15.3 Å². The van der Waals surface area contributed by atoms with Gasteiger partial charge in [-0.1, -0.05) is 0 Å². The third kappa shape index (κ3) is 2.94. The van der Waals surface area contributed by atoms with Crippen LogP contribution in [0.25, 0.3) is 0 Å². The number of nitrogens with two attached hydrogens (primary N) is 1. The number of carboxylic acids is 1. The van der Waals surface area contributed by atoms with Crippen LogP contribution in [0.1, 0.15) is 15.9 Å². The number of anilines is 2. The first kappa shape index (κ1) is 13.6. The fourth-order valence-corrected chi connectivity index (χ4v) is 1.66. The van der Waals surface area contributed by atoms with E-state index in [9.17, 15) is 4.79 Å². The van der Waals surface area contributed by atoms with Crippen LogP contribution < -0.4 is 15.8 Å². The van der Waals surface area contributed by atoms with Gasteiger partial charge in [-0.15, -0.1) is 0 Å². The Morgan fingerprint density at radius 1 is 1.40 bits per heavy atom. The van der Waals surface area contributed by atoms with Gasteiger partial charge >= 0.3 is 5.97 Å². The van der Waals surface area contributed by atoms with Gasteiger partial charge in [-0.05, 0) is 17.7 Å². The van der Waals surface area contributed by atoms with Crippen LogP contribution >= 0.6 is 0 Å². The summed E-state index contributed by atoms with van der Waals surface area (Å²) in [7, 11) is 1.54. The Kier molecular flexibility index (Phi) is 3.99. The van der Waals surface area contributed by atoms with E-state index in [4.69, 9.17) is 15.6 Å². The van der Waals surface area contributed by atoms with E-state index < -0.39 is 5.97 Å². The lowest BCUT2D eigenvalue weighted by Crippen LogP contribution is -2.09. The summed E-state index contributed by atoms with van der Waals surface area (Å²) in [6.45, 7) is 0.430. The first-order valence-electron chi connectivity index (χ1n) is 5.82. The van der Waals surface area contributed by atoms with Gasteiger partial charge in [-0.3, -0.25) is 0 Å². The predicted octanol–water partition coefficient (Wildman–Crippen LogP) is 1.38. The minimum atomic E-state index is -1.08. The number of aromatic nitrogens is 2. The molecule has 0 amide bonds. The summed E-state index contributed by atoms with van der Waals surface area (Å²) >= 11 is 0. The number of carboxylic acid groups (broad SMARTS) is 1. The first-order chi connectivity index (χ1) is 9.61. The number of methoxy groups -OCH3 is 1. The van der Waals surface area contributed by atoms with E-state index in [1.807, 2.05) is 6.07 Å². The standard InChI is InChI=1S/C13H14N4O3/c1-20-10-6-8(2-4-15-10)7-17-12-11(14)9(13(18)19)3-5-16-12/h2-6H,7,14H2,1H3,(H,16,17)(H,18,19). The van der Waals surface area contributed by atoms with Crippen molar-refractivity contribution in [3.05, 3.63) is 41.7 Å². The van der Waals surface area contributed by atoms with Gasteiger partial charge in [0, 0.05) is 25.0 Å². The highest BCUT2D eigenvalue weighted by Gasteiger charge is 2.11. The number of hydrogen-bond donors (Lipinski definition) is 3. The van der Waals surface area contributed by atoms with Crippen molar-refractivity contribution in [3.8, 4) is 5.88 Å². The monoisotopic (exact) mass is 274 g/mol. The van der Waals surface area contributed by atoms with Crippen LogP contribution in [0.2, 0.25) is 0 Å². The van der Waals surface area contributed by atoms with Crippen molar-refractivity contribution in [1.82, 2.24) is 9.97 Å². The Bertz CT molecular complexity index is 631. The average Bonchev–Trinajstić information content (AvgIpc) is 2.46. The summed E-state index contributed by atoms with van der Waals surface area (Å²) < 4.78 is 5.02. The number of nitrogens with zero attached hydrogens (tertiary/aromatic N) is 2. The first-order valence-corrected chi connectivity index (χ1v) is 5.82. The second-order valence-corrected chi connectivity index (χ2v) is 3.99. The Morgan fingerprint density at radius 2 is 2.15 bits per heavy atom. The highest BCUT2D eigenvalue weighted by Crippen LogP contribution is 2.20. The normalized spacial score (nSPS) is 10.1. The molecule has 104 valence electrons. The maximum absolute atomic E-state index is 11.0. The van der Waals surface area contributed by atoms with Gasteiger partial charge in [0.05, 0.1) is 18.4 Å². The molecule has 0 fully saturated rings. The highest BCUT2D eigenvalue weighted by molar-refractivity contribution is 5.96. The molecule has 2 aromatic rings. The number of ether oxygens (including phenoxy) is 1. The Labute approximate surface area is 115 Å².